The molecule has 1 aromatic heterocycles. The van der Waals surface area contributed by atoms with Crippen molar-refractivity contribution in [2.75, 3.05) is 0 Å². The summed E-state index contributed by atoms with van der Waals surface area (Å²) in [4.78, 5) is 12.7. The SMILES string of the molecule is CC12C[C@@]13CC[C@@H]2c1c3[nH]n(-c2ccc(Cl)cc2)c1=O. The summed E-state index contributed by atoms with van der Waals surface area (Å²) in [6, 6.07) is 7.43. The van der Waals surface area contributed by atoms with E-state index in [1.807, 2.05) is 24.3 Å². The third kappa shape index (κ3) is 0.986. The number of hydrogen-bond donors (Lipinski definition) is 1. The molecule has 0 amide bonds. The standard InChI is InChI=1S/C16H15ClN2O/c1-15-8-16(15)7-6-11(15)12-13(16)18-19(14(12)20)10-4-2-9(17)3-5-10/h2-5,11,18H,6-8H2,1H3/t11-,15?,16-/m1/s1. The second kappa shape index (κ2) is 3.06. The molecule has 3 atom stereocenters. The summed E-state index contributed by atoms with van der Waals surface area (Å²) < 4.78 is 1.69. The van der Waals surface area contributed by atoms with Crippen molar-refractivity contribution in [3.05, 3.63) is 50.9 Å². The minimum Gasteiger partial charge on any atom is -0.294 e. The second-order valence-corrected chi connectivity index (χ2v) is 7.22. The fraction of sp³-hybridized carbons (Fsp3) is 0.438. The molecule has 0 spiro atoms. The predicted molar refractivity (Wildman–Crippen MR) is 77.8 cm³/mol. The average Bonchev–Trinajstić information content (AvgIpc) is 2.68. The number of halogens is 1. The molecule has 1 N–H and O–H groups in total. The third-order valence-electron chi connectivity index (χ3n) is 6.10. The van der Waals surface area contributed by atoms with E-state index in [1.165, 1.54) is 25.0 Å². The Hall–Kier alpha value is -1.48. The summed E-state index contributed by atoms with van der Waals surface area (Å²) in [5.74, 6) is 0.467. The Morgan fingerprint density at radius 2 is 2.10 bits per heavy atom. The molecule has 0 radical (unpaired) electrons. The molecular formula is C16H15ClN2O. The van der Waals surface area contributed by atoms with Crippen molar-refractivity contribution < 1.29 is 0 Å². The van der Waals surface area contributed by atoms with Crippen LogP contribution in [0.15, 0.2) is 29.1 Å². The minimum atomic E-state index is 0.139. The zero-order chi connectivity index (χ0) is 13.7. The van der Waals surface area contributed by atoms with E-state index < -0.39 is 0 Å². The van der Waals surface area contributed by atoms with Crippen LogP contribution < -0.4 is 5.56 Å². The highest BCUT2D eigenvalue weighted by Crippen LogP contribution is 2.82. The van der Waals surface area contributed by atoms with Crippen molar-refractivity contribution in [3.8, 4) is 5.69 Å². The number of H-pyrrole nitrogens is 1. The van der Waals surface area contributed by atoms with Gasteiger partial charge in [0, 0.05) is 21.7 Å². The minimum absolute atomic E-state index is 0.139. The number of hydrogen-bond acceptors (Lipinski definition) is 1. The highest BCUT2D eigenvalue weighted by Gasteiger charge is 2.78. The van der Waals surface area contributed by atoms with Crippen molar-refractivity contribution in [2.45, 2.75) is 37.5 Å². The highest BCUT2D eigenvalue weighted by atomic mass is 35.5. The van der Waals surface area contributed by atoms with Crippen LogP contribution in [-0.2, 0) is 5.41 Å². The van der Waals surface area contributed by atoms with Crippen LogP contribution in [0.2, 0.25) is 5.02 Å². The van der Waals surface area contributed by atoms with Crippen LogP contribution in [0.5, 0.6) is 0 Å². The van der Waals surface area contributed by atoms with Gasteiger partial charge >= 0.3 is 0 Å². The van der Waals surface area contributed by atoms with E-state index in [-0.39, 0.29) is 11.0 Å². The first-order valence-corrected chi connectivity index (χ1v) is 7.56. The van der Waals surface area contributed by atoms with E-state index >= 15 is 0 Å². The Balaban J connectivity index is 1.73. The van der Waals surface area contributed by atoms with Crippen LogP contribution in [0, 0.1) is 5.41 Å². The Morgan fingerprint density at radius 3 is 2.75 bits per heavy atom. The molecule has 0 saturated heterocycles. The van der Waals surface area contributed by atoms with E-state index in [9.17, 15) is 4.79 Å². The Labute approximate surface area is 121 Å². The van der Waals surface area contributed by atoms with Gasteiger partial charge in [-0.15, -0.1) is 0 Å². The summed E-state index contributed by atoms with van der Waals surface area (Å²) in [6.45, 7) is 2.35. The van der Waals surface area contributed by atoms with Gasteiger partial charge in [0.25, 0.3) is 5.56 Å². The summed E-state index contributed by atoms with van der Waals surface area (Å²) in [7, 11) is 0. The second-order valence-electron chi connectivity index (χ2n) is 6.79. The summed E-state index contributed by atoms with van der Waals surface area (Å²) in [5, 5.41) is 4.09. The zero-order valence-electron chi connectivity index (χ0n) is 11.2. The molecule has 2 bridgehead atoms. The monoisotopic (exact) mass is 286 g/mol. The van der Waals surface area contributed by atoms with E-state index in [4.69, 9.17) is 11.6 Å². The van der Waals surface area contributed by atoms with Gasteiger partial charge in [-0.05, 0) is 54.9 Å². The van der Waals surface area contributed by atoms with Crippen molar-refractivity contribution in [2.24, 2.45) is 5.41 Å². The predicted octanol–water partition coefficient (Wildman–Crippen LogP) is 3.36. The molecule has 4 heteroatoms. The average molecular weight is 287 g/mol. The maximum absolute atomic E-state index is 12.7. The largest absolute Gasteiger partial charge is 0.294 e. The molecule has 20 heavy (non-hydrogen) atoms. The number of nitrogens with zero attached hydrogens (tertiary/aromatic N) is 1. The first-order chi connectivity index (χ1) is 9.57. The summed E-state index contributed by atoms with van der Waals surface area (Å²) in [6.07, 6.45) is 3.66. The molecule has 1 aromatic carbocycles. The van der Waals surface area contributed by atoms with E-state index in [0.717, 1.165) is 11.3 Å². The molecule has 1 unspecified atom stereocenters. The van der Waals surface area contributed by atoms with Crippen LogP contribution in [-0.4, -0.2) is 9.78 Å². The normalized spacial score (nSPS) is 36.0. The molecule has 2 fully saturated rings. The molecule has 3 aliphatic carbocycles. The van der Waals surface area contributed by atoms with Crippen LogP contribution in [0.4, 0.5) is 0 Å². The summed E-state index contributed by atoms with van der Waals surface area (Å²) >= 11 is 5.92. The van der Waals surface area contributed by atoms with Gasteiger partial charge in [0.05, 0.1) is 5.69 Å². The van der Waals surface area contributed by atoms with Crippen molar-refractivity contribution in [1.29, 1.82) is 0 Å². The molecule has 1 heterocycles. The number of fused-ring (bicyclic) bond motifs is 2. The van der Waals surface area contributed by atoms with Gasteiger partial charge in [-0.2, -0.15) is 0 Å². The lowest BCUT2D eigenvalue weighted by Crippen LogP contribution is -2.21. The third-order valence-corrected chi connectivity index (χ3v) is 6.36. The molecule has 0 aliphatic heterocycles. The van der Waals surface area contributed by atoms with Gasteiger partial charge in [0.15, 0.2) is 0 Å². The lowest BCUT2D eigenvalue weighted by atomic mass is 9.86. The quantitative estimate of drug-likeness (QED) is 0.858. The lowest BCUT2D eigenvalue weighted by Gasteiger charge is -2.16. The van der Waals surface area contributed by atoms with E-state index in [0.29, 0.717) is 16.4 Å². The first kappa shape index (κ1) is 11.2. The van der Waals surface area contributed by atoms with Gasteiger partial charge in [0.2, 0.25) is 0 Å². The molecular weight excluding hydrogens is 272 g/mol. The van der Waals surface area contributed by atoms with Crippen LogP contribution >= 0.6 is 11.6 Å². The number of nitrogens with one attached hydrogen (secondary N) is 1. The fourth-order valence-corrected chi connectivity index (χ4v) is 5.12. The van der Waals surface area contributed by atoms with Gasteiger partial charge in [-0.3, -0.25) is 9.89 Å². The molecule has 5 rings (SSSR count). The molecule has 102 valence electrons. The van der Waals surface area contributed by atoms with E-state index in [2.05, 4.69) is 12.0 Å². The van der Waals surface area contributed by atoms with Gasteiger partial charge < -0.3 is 0 Å². The highest BCUT2D eigenvalue weighted by molar-refractivity contribution is 6.30. The number of rotatable bonds is 1. The van der Waals surface area contributed by atoms with E-state index in [1.54, 1.807) is 4.68 Å². The Kier molecular flexibility index (Phi) is 1.72. The van der Waals surface area contributed by atoms with Crippen molar-refractivity contribution in [1.82, 2.24) is 9.78 Å². The van der Waals surface area contributed by atoms with Crippen LogP contribution in [0.3, 0.4) is 0 Å². The first-order valence-electron chi connectivity index (χ1n) is 7.18. The Bertz CT molecular complexity index is 799. The summed E-state index contributed by atoms with van der Waals surface area (Å²) in [5.41, 5.74) is 3.93. The Morgan fingerprint density at radius 1 is 1.35 bits per heavy atom. The van der Waals surface area contributed by atoms with Crippen LogP contribution in [0.1, 0.15) is 43.4 Å². The molecule has 3 aliphatic rings. The molecule has 2 aromatic rings. The maximum Gasteiger partial charge on any atom is 0.274 e. The number of aromatic amines is 1. The maximum atomic E-state index is 12.7. The van der Waals surface area contributed by atoms with Gasteiger partial charge in [-0.25, -0.2) is 4.68 Å². The van der Waals surface area contributed by atoms with Crippen molar-refractivity contribution in [3.63, 3.8) is 0 Å². The smallest absolute Gasteiger partial charge is 0.274 e. The molecule has 3 nitrogen and oxygen atoms in total. The topological polar surface area (TPSA) is 37.8 Å². The van der Waals surface area contributed by atoms with Crippen molar-refractivity contribution >= 4 is 11.6 Å². The van der Waals surface area contributed by atoms with Crippen LogP contribution in [0.25, 0.3) is 5.69 Å². The van der Waals surface area contributed by atoms with Gasteiger partial charge in [-0.1, -0.05) is 18.5 Å². The molecule has 2 saturated carbocycles. The van der Waals surface area contributed by atoms with Gasteiger partial charge in [0.1, 0.15) is 0 Å². The zero-order valence-corrected chi connectivity index (χ0v) is 12.0. The number of aromatic nitrogens is 2. The number of benzene rings is 1. The fourth-order valence-electron chi connectivity index (χ4n) is 4.99. The lowest BCUT2D eigenvalue weighted by molar-refractivity contribution is 0.474.